The number of esters is 1. The summed E-state index contributed by atoms with van der Waals surface area (Å²) in [5, 5.41) is 21.8. The van der Waals surface area contributed by atoms with Crippen LogP contribution in [-0.4, -0.2) is 51.5 Å². The number of carboxylic acid groups (broad SMARTS) is 1. The van der Waals surface area contributed by atoms with Crippen molar-refractivity contribution >= 4 is 17.7 Å². The first kappa shape index (κ1) is 23.9. The number of allylic oxidation sites excluding steroid dienone is 4. The predicted molar refractivity (Wildman–Crippen MR) is 118 cm³/mol. The van der Waals surface area contributed by atoms with Crippen LogP contribution in [-0.2, 0) is 14.3 Å². The lowest BCUT2D eigenvalue weighted by Crippen LogP contribution is -2.71. The molecule has 0 saturated heterocycles. The van der Waals surface area contributed by atoms with E-state index in [9.17, 15) is 24.6 Å². The zero-order valence-electron chi connectivity index (χ0n) is 19.7. The number of hydrogen-bond acceptors (Lipinski definition) is 6. The van der Waals surface area contributed by atoms with Crippen molar-refractivity contribution in [3.63, 3.8) is 0 Å². The quantitative estimate of drug-likeness (QED) is 0.619. The number of aliphatic carboxylic acids is 1. The molecule has 3 saturated carbocycles. The van der Waals surface area contributed by atoms with Gasteiger partial charge in [-0.05, 0) is 62.0 Å². The second-order valence-corrected chi connectivity index (χ2v) is 10.9. The van der Waals surface area contributed by atoms with Crippen LogP contribution in [0.25, 0.3) is 0 Å². The third-order valence-corrected chi connectivity index (χ3v) is 9.46. The van der Waals surface area contributed by atoms with Crippen molar-refractivity contribution in [1.82, 2.24) is 0 Å². The minimum Gasteiger partial charge on any atom is -0.478 e. The van der Waals surface area contributed by atoms with Gasteiger partial charge in [-0.15, -0.1) is 0 Å². The van der Waals surface area contributed by atoms with Gasteiger partial charge in [0.1, 0.15) is 6.17 Å². The summed E-state index contributed by atoms with van der Waals surface area (Å²) >= 11 is 0. The van der Waals surface area contributed by atoms with Crippen LogP contribution in [0.3, 0.4) is 0 Å². The van der Waals surface area contributed by atoms with Crippen molar-refractivity contribution in [2.24, 2.45) is 28.6 Å². The Morgan fingerprint density at radius 3 is 2.57 bits per heavy atom. The first-order valence-corrected chi connectivity index (χ1v) is 11.8. The lowest BCUT2D eigenvalue weighted by Gasteiger charge is -2.62. The Morgan fingerprint density at radius 2 is 1.94 bits per heavy atom. The first-order valence-electron chi connectivity index (χ1n) is 11.8. The summed E-state index contributed by atoms with van der Waals surface area (Å²) in [6.07, 6.45) is 1.05. The fraction of sp³-hybridized carbons (Fsp3) is 0.577. The van der Waals surface area contributed by atoms with Crippen LogP contribution in [0.4, 0.5) is 8.78 Å². The van der Waals surface area contributed by atoms with Crippen molar-refractivity contribution in [1.29, 1.82) is 0 Å². The van der Waals surface area contributed by atoms with Gasteiger partial charge < -0.3 is 19.4 Å². The summed E-state index contributed by atoms with van der Waals surface area (Å²) in [6.45, 7) is 4.67. The van der Waals surface area contributed by atoms with Crippen LogP contribution >= 0.6 is 0 Å². The van der Waals surface area contributed by atoms with E-state index in [2.05, 4.69) is 0 Å². The molecule has 1 aromatic rings. The molecule has 0 aliphatic heterocycles. The van der Waals surface area contributed by atoms with Gasteiger partial charge in [0.05, 0.1) is 12.4 Å². The highest BCUT2D eigenvalue weighted by molar-refractivity contribution is 6.01. The topological polar surface area (TPSA) is 114 Å². The molecule has 4 aliphatic rings. The van der Waals surface area contributed by atoms with E-state index in [1.54, 1.807) is 13.8 Å². The molecule has 9 heteroatoms. The number of hydrogen-bond donors (Lipinski definition) is 2. The van der Waals surface area contributed by atoms with E-state index in [-0.39, 0.29) is 30.6 Å². The number of carboxylic acids is 1. The van der Waals surface area contributed by atoms with Crippen LogP contribution in [0.15, 0.2) is 46.6 Å². The molecule has 0 bridgehead atoms. The van der Waals surface area contributed by atoms with Gasteiger partial charge >= 0.3 is 11.9 Å². The maximum absolute atomic E-state index is 17.2. The van der Waals surface area contributed by atoms with E-state index < -0.39 is 69.9 Å². The number of carbonyl (C=O) groups is 3. The number of ether oxygens (including phenoxy) is 1. The number of aliphatic hydroxyl groups excluding tert-OH is 1. The molecule has 188 valence electrons. The Morgan fingerprint density at radius 1 is 1.23 bits per heavy atom. The average Bonchev–Trinajstić information content (AvgIpc) is 3.39. The molecule has 4 unspecified atom stereocenters. The van der Waals surface area contributed by atoms with E-state index in [0.717, 1.165) is 6.08 Å². The van der Waals surface area contributed by atoms with Gasteiger partial charge in [-0.2, -0.15) is 0 Å². The molecule has 3 fully saturated rings. The summed E-state index contributed by atoms with van der Waals surface area (Å²) in [7, 11) is 0. The lowest BCUT2D eigenvalue weighted by molar-refractivity contribution is -0.229. The fourth-order valence-electron chi connectivity index (χ4n) is 7.83. The van der Waals surface area contributed by atoms with Crippen LogP contribution in [0.2, 0.25) is 0 Å². The molecule has 1 aromatic heterocycles. The van der Waals surface area contributed by atoms with E-state index in [1.807, 2.05) is 0 Å². The molecular formula is C26H28F2O7. The minimum atomic E-state index is -2.35. The number of aliphatic hydroxyl groups is 1. The van der Waals surface area contributed by atoms with Crippen molar-refractivity contribution in [3.05, 3.63) is 48.0 Å². The number of rotatable bonds is 3. The van der Waals surface area contributed by atoms with Crippen LogP contribution in [0.5, 0.6) is 0 Å². The third-order valence-electron chi connectivity index (χ3n) is 9.46. The summed E-state index contributed by atoms with van der Waals surface area (Å²) < 4.78 is 43.5. The van der Waals surface area contributed by atoms with E-state index >= 15 is 8.78 Å². The number of carbonyl (C=O) groups excluding carboxylic acids is 2. The van der Waals surface area contributed by atoms with Gasteiger partial charge in [0.25, 0.3) is 0 Å². The first-order chi connectivity index (χ1) is 16.3. The molecule has 2 N–H and O–H groups in total. The second-order valence-electron chi connectivity index (χ2n) is 10.9. The Labute approximate surface area is 200 Å². The van der Waals surface area contributed by atoms with Crippen molar-refractivity contribution in [3.8, 4) is 0 Å². The van der Waals surface area contributed by atoms with Gasteiger partial charge in [-0.25, -0.2) is 18.4 Å². The highest BCUT2D eigenvalue weighted by atomic mass is 19.1. The Hall–Kier alpha value is -2.81. The fourth-order valence-corrected chi connectivity index (χ4v) is 7.83. The van der Waals surface area contributed by atoms with E-state index in [4.69, 9.17) is 9.15 Å². The van der Waals surface area contributed by atoms with Crippen LogP contribution in [0, 0.1) is 28.6 Å². The number of fused-ring (bicyclic) bond motifs is 5. The lowest BCUT2D eigenvalue weighted by atomic mass is 9.44. The van der Waals surface area contributed by atoms with Gasteiger partial charge in [0, 0.05) is 22.7 Å². The molecule has 35 heavy (non-hydrogen) atoms. The zero-order valence-corrected chi connectivity index (χ0v) is 19.7. The van der Waals surface area contributed by atoms with Gasteiger partial charge in [0.15, 0.2) is 11.5 Å². The maximum Gasteiger partial charge on any atom is 0.375 e. The Balaban J connectivity index is 1.62. The number of furan rings is 1. The Bertz CT molecular complexity index is 1160. The summed E-state index contributed by atoms with van der Waals surface area (Å²) in [4.78, 5) is 37.6. The zero-order chi connectivity index (χ0) is 25.6. The highest BCUT2D eigenvalue weighted by Crippen LogP contribution is 2.71. The van der Waals surface area contributed by atoms with Crippen molar-refractivity contribution in [2.75, 3.05) is 0 Å². The Kier molecular flexibility index (Phi) is 5.02. The molecule has 0 radical (unpaired) electrons. The molecular weight excluding hydrogens is 462 g/mol. The molecule has 0 spiro atoms. The maximum atomic E-state index is 17.2. The molecule has 5 rings (SSSR count). The number of ketones is 1. The van der Waals surface area contributed by atoms with Crippen LogP contribution in [0.1, 0.15) is 50.6 Å². The average molecular weight is 490 g/mol. The van der Waals surface area contributed by atoms with Crippen molar-refractivity contribution in [2.45, 2.75) is 63.6 Å². The van der Waals surface area contributed by atoms with Crippen molar-refractivity contribution < 1.29 is 42.5 Å². The van der Waals surface area contributed by atoms with E-state index in [1.165, 1.54) is 37.5 Å². The second kappa shape index (κ2) is 7.35. The van der Waals surface area contributed by atoms with E-state index in [0.29, 0.717) is 0 Å². The monoisotopic (exact) mass is 490 g/mol. The molecule has 0 aromatic carbocycles. The van der Waals surface area contributed by atoms with Crippen LogP contribution < -0.4 is 0 Å². The summed E-state index contributed by atoms with van der Waals surface area (Å²) in [5.41, 5.74) is -7.42. The third kappa shape index (κ3) is 2.76. The SMILES string of the molecule is C[C@@H]1CC2C3C[C@H](F)C4=CC(=O)C=CC4(C)[C@@]3(F)[C@@H](O)CC2(C)[C@@]1(OC(=O)c1ccco1)C(=O)O. The molecule has 7 nitrogen and oxygen atoms in total. The van der Waals surface area contributed by atoms with Gasteiger partial charge in [-0.1, -0.05) is 19.9 Å². The highest BCUT2D eigenvalue weighted by Gasteiger charge is 2.78. The molecule has 1 heterocycles. The normalized spacial score (nSPS) is 46.3. The smallest absolute Gasteiger partial charge is 0.375 e. The minimum absolute atomic E-state index is 0.00815. The van der Waals surface area contributed by atoms with Gasteiger partial charge in [0.2, 0.25) is 11.4 Å². The number of halogens is 2. The summed E-state index contributed by atoms with van der Waals surface area (Å²) in [5.74, 6) is -5.55. The standard InChI is InChI=1S/C26H28F2O7/c1-13-9-15-16-11-18(27)17-10-14(29)6-7-23(17,2)25(16,28)20(30)12-24(15,3)26(13,22(32)33)35-21(31)19-5-4-8-34-19/h4-8,10,13,15-16,18,20,30H,9,11-12H2,1-3H3,(H,32,33)/t13-,15?,16?,18+,20+,23?,24?,25+,26+/m1/s1. The molecule has 0 amide bonds. The molecule has 4 aliphatic carbocycles. The largest absolute Gasteiger partial charge is 0.478 e. The molecule has 9 atom stereocenters. The summed E-state index contributed by atoms with van der Waals surface area (Å²) in [6, 6.07) is 2.81. The van der Waals surface area contributed by atoms with Gasteiger partial charge in [-0.3, -0.25) is 4.79 Å². The predicted octanol–water partition coefficient (Wildman–Crippen LogP) is 3.82. The number of alkyl halides is 2.